The molecular weight excluding hydrogens is 304 g/mol. The molecule has 0 amide bonds. The molecule has 4 nitrogen and oxygen atoms in total. The molecule has 3 N–H and O–H groups in total. The predicted molar refractivity (Wildman–Crippen MR) is 57.0 cm³/mol. The Bertz CT molecular complexity index is 395. The topological polar surface area (TPSA) is 72.5 Å². The number of nitrogens with two attached hydrogens (primary N) is 1. The molecule has 1 aromatic carbocycles. The van der Waals surface area contributed by atoms with Gasteiger partial charge in [0.25, 0.3) is 0 Å². The van der Waals surface area contributed by atoms with Gasteiger partial charge in [-0.05, 0) is 28.7 Å². The predicted octanol–water partition coefficient (Wildman–Crippen LogP) is 1.72. The normalized spacial score (nSPS) is 9.93. The Labute approximate surface area is 93.0 Å². The number of carbonyl (C=O) groups is 1. The van der Waals surface area contributed by atoms with Crippen LogP contribution in [-0.2, 0) is 0 Å². The molecule has 14 heavy (non-hydrogen) atoms. The maximum atomic E-state index is 13.3. The van der Waals surface area contributed by atoms with Gasteiger partial charge in [0.1, 0.15) is 11.3 Å². The monoisotopic (exact) mass is 311 g/mol. The Morgan fingerprint density at radius 1 is 1.71 bits per heavy atom. The van der Waals surface area contributed by atoms with Crippen molar-refractivity contribution in [3.8, 4) is 5.75 Å². The van der Waals surface area contributed by atoms with E-state index in [4.69, 9.17) is 15.6 Å². The minimum atomic E-state index is -1.35. The number of methoxy groups -OCH3 is 1. The van der Waals surface area contributed by atoms with E-state index in [0.717, 1.165) is 6.07 Å². The molecule has 76 valence electrons. The van der Waals surface area contributed by atoms with Crippen molar-refractivity contribution < 1.29 is 19.0 Å². The second kappa shape index (κ2) is 3.99. The fourth-order valence-corrected chi connectivity index (χ4v) is 1.50. The van der Waals surface area contributed by atoms with Crippen molar-refractivity contribution in [1.82, 2.24) is 0 Å². The van der Waals surface area contributed by atoms with Gasteiger partial charge in [0.15, 0.2) is 5.82 Å². The van der Waals surface area contributed by atoms with Crippen LogP contribution in [0.2, 0.25) is 0 Å². The maximum Gasteiger partial charge on any atom is 0.338 e. The fraction of sp³-hybridized carbons (Fsp3) is 0.125. The number of halogens is 2. The lowest BCUT2D eigenvalue weighted by molar-refractivity contribution is 0.0691. The van der Waals surface area contributed by atoms with Gasteiger partial charge in [0, 0.05) is 0 Å². The minimum absolute atomic E-state index is 0.0550. The second-order valence-electron chi connectivity index (χ2n) is 2.47. The molecule has 0 atom stereocenters. The summed E-state index contributed by atoms with van der Waals surface area (Å²) in [7, 11) is 1.34. The van der Waals surface area contributed by atoms with Crippen molar-refractivity contribution in [2.75, 3.05) is 12.8 Å². The van der Waals surface area contributed by atoms with E-state index in [1.807, 2.05) is 0 Å². The van der Waals surface area contributed by atoms with Crippen LogP contribution in [-0.4, -0.2) is 18.2 Å². The van der Waals surface area contributed by atoms with E-state index >= 15 is 0 Å². The minimum Gasteiger partial charge on any atom is -0.495 e. The van der Waals surface area contributed by atoms with Gasteiger partial charge in [-0.3, -0.25) is 0 Å². The lowest BCUT2D eigenvalue weighted by atomic mass is 10.2. The molecule has 0 fully saturated rings. The zero-order chi connectivity index (χ0) is 10.9. The van der Waals surface area contributed by atoms with Gasteiger partial charge in [-0.2, -0.15) is 0 Å². The first-order valence-corrected chi connectivity index (χ1v) is 4.61. The summed E-state index contributed by atoms with van der Waals surface area (Å²) in [5.41, 5.74) is 5.16. The fourth-order valence-electron chi connectivity index (χ4n) is 0.941. The van der Waals surface area contributed by atoms with Gasteiger partial charge in [-0.15, -0.1) is 0 Å². The van der Waals surface area contributed by atoms with E-state index in [9.17, 15) is 9.18 Å². The molecule has 1 aromatic rings. The van der Waals surface area contributed by atoms with E-state index in [-0.39, 0.29) is 15.0 Å². The molecular formula is C8H7FINO3. The van der Waals surface area contributed by atoms with Crippen LogP contribution in [0.1, 0.15) is 10.4 Å². The highest BCUT2D eigenvalue weighted by Gasteiger charge is 2.19. The summed E-state index contributed by atoms with van der Waals surface area (Å²) in [6.07, 6.45) is 0. The lowest BCUT2D eigenvalue weighted by Crippen LogP contribution is -2.06. The number of anilines is 1. The number of ether oxygens (including phenoxy) is 1. The zero-order valence-electron chi connectivity index (χ0n) is 7.17. The summed E-state index contributed by atoms with van der Waals surface area (Å²) in [4.78, 5) is 10.6. The highest BCUT2D eigenvalue weighted by atomic mass is 127. The standard InChI is InChI=1S/C8H7FINO3/c1-14-4-2-3(8(12)13)5(9)6(10)7(4)11/h2H,11H2,1H3,(H,12,13). The molecule has 0 aliphatic carbocycles. The number of nitrogen functional groups attached to an aromatic ring is 1. The third-order valence-corrected chi connectivity index (χ3v) is 2.71. The summed E-state index contributed by atoms with van der Waals surface area (Å²) in [5, 5.41) is 8.66. The largest absolute Gasteiger partial charge is 0.495 e. The van der Waals surface area contributed by atoms with Crippen LogP contribution in [0.15, 0.2) is 6.07 Å². The number of carboxylic acid groups (broad SMARTS) is 1. The van der Waals surface area contributed by atoms with Crippen LogP contribution < -0.4 is 10.5 Å². The summed E-state index contributed by atoms with van der Waals surface area (Å²) in [6.45, 7) is 0. The molecule has 0 spiro atoms. The quantitative estimate of drug-likeness (QED) is 0.644. The Hall–Kier alpha value is -1.05. The molecule has 0 heterocycles. The number of rotatable bonds is 2. The molecule has 0 bridgehead atoms. The van der Waals surface area contributed by atoms with Crippen LogP contribution in [0, 0.1) is 9.39 Å². The summed E-state index contributed by atoms with van der Waals surface area (Å²) in [5.74, 6) is -2.02. The molecule has 0 saturated heterocycles. The van der Waals surface area contributed by atoms with E-state index in [1.165, 1.54) is 7.11 Å². The number of carboxylic acids is 1. The molecule has 0 aliphatic rings. The van der Waals surface area contributed by atoms with Crippen molar-refractivity contribution >= 4 is 34.2 Å². The summed E-state index contributed by atoms with van der Waals surface area (Å²) in [6, 6.07) is 1.06. The zero-order valence-corrected chi connectivity index (χ0v) is 9.33. The Kier molecular flexibility index (Phi) is 3.14. The van der Waals surface area contributed by atoms with E-state index in [0.29, 0.717) is 0 Å². The highest BCUT2D eigenvalue weighted by molar-refractivity contribution is 14.1. The van der Waals surface area contributed by atoms with Gasteiger partial charge in [0.05, 0.1) is 16.4 Å². The number of benzene rings is 1. The van der Waals surface area contributed by atoms with Crippen LogP contribution in [0.4, 0.5) is 10.1 Å². The SMILES string of the molecule is COc1cc(C(=O)O)c(F)c(I)c1N. The molecule has 0 radical (unpaired) electrons. The van der Waals surface area contributed by atoms with Gasteiger partial charge < -0.3 is 15.6 Å². The average Bonchev–Trinajstić information content (AvgIpc) is 2.14. The average molecular weight is 311 g/mol. The van der Waals surface area contributed by atoms with Crippen molar-refractivity contribution in [2.45, 2.75) is 0 Å². The van der Waals surface area contributed by atoms with Gasteiger partial charge in [-0.1, -0.05) is 0 Å². The number of hydrogen-bond donors (Lipinski definition) is 2. The van der Waals surface area contributed by atoms with Crippen LogP contribution in [0.3, 0.4) is 0 Å². The number of hydrogen-bond acceptors (Lipinski definition) is 3. The summed E-state index contributed by atoms with van der Waals surface area (Å²) < 4.78 is 18.2. The highest BCUT2D eigenvalue weighted by Crippen LogP contribution is 2.31. The lowest BCUT2D eigenvalue weighted by Gasteiger charge is -2.09. The van der Waals surface area contributed by atoms with E-state index in [2.05, 4.69) is 0 Å². The van der Waals surface area contributed by atoms with Crippen LogP contribution in [0.25, 0.3) is 0 Å². The van der Waals surface area contributed by atoms with E-state index < -0.39 is 17.3 Å². The first-order chi connectivity index (χ1) is 6.49. The Balaban J connectivity index is 3.48. The third-order valence-electron chi connectivity index (χ3n) is 1.66. The first kappa shape index (κ1) is 11.0. The maximum absolute atomic E-state index is 13.3. The number of aromatic carboxylic acids is 1. The molecule has 0 aliphatic heterocycles. The van der Waals surface area contributed by atoms with Crippen molar-refractivity contribution in [3.05, 3.63) is 21.0 Å². The molecule has 1 rings (SSSR count). The van der Waals surface area contributed by atoms with Gasteiger partial charge in [-0.25, -0.2) is 9.18 Å². The van der Waals surface area contributed by atoms with Crippen LogP contribution >= 0.6 is 22.6 Å². The molecule has 0 unspecified atom stereocenters. The molecule has 0 aromatic heterocycles. The first-order valence-electron chi connectivity index (χ1n) is 3.53. The smallest absolute Gasteiger partial charge is 0.338 e. The molecule has 0 saturated carbocycles. The Morgan fingerprint density at radius 2 is 2.29 bits per heavy atom. The third kappa shape index (κ3) is 1.74. The van der Waals surface area contributed by atoms with Crippen molar-refractivity contribution in [2.24, 2.45) is 0 Å². The second-order valence-corrected chi connectivity index (χ2v) is 3.55. The van der Waals surface area contributed by atoms with Gasteiger partial charge >= 0.3 is 5.97 Å². The summed E-state index contributed by atoms with van der Waals surface area (Å²) >= 11 is 1.63. The van der Waals surface area contributed by atoms with Crippen molar-refractivity contribution in [1.29, 1.82) is 0 Å². The van der Waals surface area contributed by atoms with E-state index in [1.54, 1.807) is 22.6 Å². The molecule has 6 heteroatoms. The van der Waals surface area contributed by atoms with Crippen LogP contribution in [0.5, 0.6) is 5.75 Å². The van der Waals surface area contributed by atoms with Crippen molar-refractivity contribution in [3.63, 3.8) is 0 Å². The van der Waals surface area contributed by atoms with Gasteiger partial charge in [0.2, 0.25) is 0 Å². The Morgan fingerprint density at radius 3 is 2.71 bits per heavy atom.